The Morgan fingerprint density at radius 2 is 2.09 bits per heavy atom. The summed E-state index contributed by atoms with van der Waals surface area (Å²) in [7, 11) is 0. The van der Waals surface area contributed by atoms with Gasteiger partial charge in [0.15, 0.2) is 12.0 Å². The largest absolute Gasteiger partial charge is 0.462 e. The van der Waals surface area contributed by atoms with Crippen molar-refractivity contribution in [3.63, 3.8) is 0 Å². The average molecular weight is 152 g/mol. The van der Waals surface area contributed by atoms with Gasteiger partial charge in [0.25, 0.3) is 0 Å². The van der Waals surface area contributed by atoms with Gasteiger partial charge in [0, 0.05) is 0 Å². The highest BCUT2D eigenvalue weighted by Gasteiger charge is 1.84. The fourth-order valence-electron chi connectivity index (χ4n) is 0.358. The maximum absolute atomic E-state index is 9.77. The normalized spacial score (nSPS) is 7.27. The van der Waals surface area contributed by atoms with Crippen molar-refractivity contribution in [2.45, 2.75) is 0 Å². The summed E-state index contributed by atoms with van der Waals surface area (Å²) in [6.07, 6.45) is 3.96. The number of carbonyl (C=O) groups is 2. The van der Waals surface area contributed by atoms with E-state index in [-0.39, 0.29) is 0 Å². The van der Waals surface area contributed by atoms with Crippen LogP contribution in [0.5, 0.6) is 0 Å². The van der Waals surface area contributed by atoms with Gasteiger partial charge in [-0.2, -0.15) is 0 Å². The molecule has 1 aromatic heterocycles. The topological polar surface area (TPSA) is 47.3 Å². The van der Waals surface area contributed by atoms with E-state index in [1.165, 1.54) is 12.3 Å². The summed E-state index contributed by atoms with van der Waals surface area (Å²) in [6.45, 7) is 3.11. The van der Waals surface area contributed by atoms with Crippen LogP contribution in [0, 0.1) is 0 Å². The van der Waals surface area contributed by atoms with E-state index in [0.717, 1.165) is 0 Å². The van der Waals surface area contributed by atoms with Gasteiger partial charge in [0.1, 0.15) is 6.29 Å². The predicted octanol–water partition coefficient (Wildman–Crippen LogP) is 1.46. The van der Waals surface area contributed by atoms with Gasteiger partial charge in [-0.3, -0.25) is 9.59 Å². The van der Waals surface area contributed by atoms with Crippen LogP contribution in [0.4, 0.5) is 0 Å². The van der Waals surface area contributed by atoms with Crippen LogP contribution in [0.1, 0.15) is 10.6 Å². The van der Waals surface area contributed by atoms with E-state index in [2.05, 4.69) is 11.0 Å². The number of hydrogen-bond acceptors (Lipinski definition) is 3. The van der Waals surface area contributed by atoms with E-state index in [1.54, 1.807) is 12.1 Å². The number of carbonyl (C=O) groups excluding carboxylic acids is 2. The van der Waals surface area contributed by atoms with Crippen LogP contribution < -0.4 is 0 Å². The first-order chi connectivity index (χ1) is 5.35. The second kappa shape index (κ2) is 6.48. The summed E-state index contributed by atoms with van der Waals surface area (Å²) in [4.78, 5) is 18.8. The second-order valence-electron chi connectivity index (χ2n) is 1.51. The molecule has 0 aliphatic rings. The third-order valence-corrected chi connectivity index (χ3v) is 0.756. The minimum absolute atomic E-state index is 0.375. The molecule has 0 radical (unpaired) electrons. The molecule has 0 saturated heterocycles. The highest BCUT2D eigenvalue weighted by molar-refractivity contribution is 5.69. The minimum Gasteiger partial charge on any atom is -0.462 e. The highest BCUT2D eigenvalue weighted by Crippen LogP contribution is 1.92. The van der Waals surface area contributed by atoms with E-state index in [9.17, 15) is 4.79 Å². The SMILES string of the molecule is C=CC=O.O=Cc1ccco1. The molecule has 0 N–H and O–H groups in total. The summed E-state index contributed by atoms with van der Waals surface area (Å²) in [5.41, 5.74) is 0. The lowest BCUT2D eigenvalue weighted by Gasteiger charge is -1.68. The standard InChI is InChI=1S/C5H4O2.C3H4O/c6-4-5-2-1-3-7-5;1-2-3-4/h1-4H;2-3H,1H2. The fraction of sp³-hybridized carbons (Fsp3) is 0. The summed E-state index contributed by atoms with van der Waals surface area (Å²) < 4.78 is 4.61. The van der Waals surface area contributed by atoms with Crippen molar-refractivity contribution >= 4 is 12.6 Å². The van der Waals surface area contributed by atoms with E-state index in [1.807, 2.05) is 0 Å². The van der Waals surface area contributed by atoms with Crippen LogP contribution in [0.3, 0.4) is 0 Å². The van der Waals surface area contributed by atoms with Crippen LogP contribution in [0.15, 0.2) is 35.5 Å². The van der Waals surface area contributed by atoms with Crippen molar-refractivity contribution in [1.82, 2.24) is 0 Å². The summed E-state index contributed by atoms with van der Waals surface area (Å²) >= 11 is 0. The van der Waals surface area contributed by atoms with Crippen molar-refractivity contribution in [2.75, 3.05) is 0 Å². The van der Waals surface area contributed by atoms with Crippen molar-refractivity contribution in [3.05, 3.63) is 36.8 Å². The van der Waals surface area contributed by atoms with Gasteiger partial charge in [-0.25, -0.2) is 0 Å². The molecule has 1 aromatic rings. The van der Waals surface area contributed by atoms with Gasteiger partial charge in [-0.15, -0.1) is 0 Å². The van der Waals surface area contributed by atoms with Crippen LogP contribution in [-0.2, 0) is 4.79 Å². The fourth-order valence-corrected chi connectivity index (χ4v) is 0.358. The average Bonchev–Trinajstić information content (AvgIpc) is 2.56. The van der Waals surface area contributed by atoms with E-state index in [4.69, 9.17) is 4.79 Å². The first-order valence-corrected chi connectivity index (χ1v) is 2.90. The maximum atomic E-state index is 9.77. The molecule has 0 aromatic carbocycles. The Balaban J connectivity index is 0.000000218. The highest BCUT2D eigenvalue weighted by atomic mass is 16.3. The Bertz CT molecular complexity index is 205. The van der Waals surface area contributed by atoms with Gasteiger partial charge in [-0.1, -0.05) is 6.58 Å². The summed E-state index contributed by atoms with van der Waals surface area (Å²) in [5.74, 6) is 0.375. The van der Waals surface area contributed by atoms with Gasteiger partial charge >= 0.3 is 0 Å². The Hall–Kier alpha value is -1.64. The molecular formula is C8H8O3. The van der Waals surface area contributed by atoms with Gasteiger partial charge in [-0.05, 0) is 18.2 Å². The lowest BCUT2D eigenvalue weighted by atomic mass is 10.5. The number of rotatable bonds is 2. The number of furan rings is 1. The molecule has 3 heteroatoms. The molecule has 0 aliphatic heterocycles. The minimum atomic E-state index is 0.375. The second-order valence-corrected chi connectivity index (χ2v) is 1.51. The third kappa shape index (κ3) is 4.84. The molecule has 0 fully saturated rings. The predicted molar refractivity (Wildman–Crippen MR) is 40.4 cm³/mol. The van der Waals surface area contributed by atoms with Crippen molar-refractivity contribution in [2.24, 2.45) is 0 Å². The lowest BCUT2D eigenvalue weighted by Crippen LogP contribution is -1.65. The molecule has 0 amide bonds. The zero-order chi connectivity index (χ0) is 8.53. The van der Waals surface area contributed by atoms with Crippen molar-refractivity contribution < 1.29 is 14.0 Å². The van der Waals surface area contributed by atoms with Crippen molar-refractivity contribution in [3.8, 4) is 0 Å². The zero-order valence-corrected chi connectivity index (χ0v) is 5.90. The van der Waals surface area contributed by atoms with Crippen LogP contribution in [-0.4, -0.2) is 12.6 Å². The molecular weight excluding hydrogens is 144 g/mol. The molecule has 3 nitrogen and oxygen atoms in total. The Morgan fingerprint density at radius 3 is 2.27 bits per heavy atom. The summed E-state index contributed by atoms with van der Waals surface area (Å²) in [5, 5.41) is 0. The molecule has 58 valence electrons. The molecule has 0 spiro atoms. The molecule has 0 atom stereocenters. The van der Waals surface area contributed by atoms with Crippen LogP contribution >= 0.6 is 0 Å². The zero-order valence-electron chi connectivity index (χ0n) is 5.90. The molecule has 0 saturated carbocycles. The quantitative estimate of drug-likeness (QED) is 0.476. The van der Waals surface area contributed by atoms with Crippen LogP contribution in [0.2, 0.25) is 0 Å². The number of allylic oxidation sites excluding steroid dienone is 1. The maximum Gasteiger partial charge on any atom is 0.185 e. The molecule has 0 aliphatic carbocycles. The van der Waals surface area contributed by atoms with Gasteiger partial charge in [0.2, 0.25) is 0 Å². The smallest absolute Gasteiger partial charge is 0.185 e. The van der Waals surface area contributed by atoms with Crippen LogP contribution in [0.25, 0.3) is 0 Å². The van der Waals surface area contributed by atoms with E-state index < -0.39 is 0 Å². The van der Waals surface area contributed by atoms with E-state index in [0.29, 0.717) is 18.3 Å². The first-order valence-electron chi connectivity index (χ1n) is 2.90. The lowest BCUT2D eigenvalue weighted by molar-refractivity contribution is -0.104. The summed E-state index contributed by atoms with van der Waals surface area (Å²) in [6, 6.07) is 3.27. The van der Waals surface area contributed by atoms with Gasteiger partial charge < -0.3 is 4.42 Å². The number of hydrogen-bond donors (Lipinski definition) is 0. The number of aldehydes is 2. The van der Waals surface area contributed by atoms with E-state index >= 15 is 0 Å². The Kier molecular flexibility index (Phi) is 5.51. The molecule has 1 rings (SSSR count). The monoisotopic (exact) mass is 152 g/mol. The molecule has 0 unspecified atom stereocenters. The Labute approximate surface area is 64.3 Å². The van der Waals surface area contributed by atoms with Gasteiger partial charge in [0.05, 0.1) is 6.26 Å². The molecule has 11 heavy (non-hydrogen) atoms. The van der Waals surface area contributed by atoms with Crippen molar-refractivity contribution in [1.29, 1.82) is 0 Å². The molecule has 1 heterocycles. The first kappa shape index (κ1) is 9.36. The molecule has 0 bridgehead atoms. The Morgan fingerprint density at radius 1 is 1.45 bits per heavy atom. The third-order valence-electron chi connectivity index (χ3n) is 0.756.